The SMILES string of the molecule is OCc1ccccc1N=NNc1ccccc1CO. The molecule has 5 heteroatoms. The van der Waals surface area contributed by atoms with Gasteiger partial charge in [-0.25, -0.2) is 0 Å². The fourth-order valence-corrected chi connectivity index (χ4v) is 1.64. The number of hydrogen-bond acceptors (Lipinski definition) is 4. The third kappa shape index (κ3) is 3.37. The summed E-state index contributed by atoms with van der Waals surface area (Å²) in [5.41, 5.74) is 5.55. The molecule has 0 amide bonds. The topological polar surface area (TPSA) is 77.2 Å². The van der Waals surface area contributed by atoms with Crippen LogP contribution in [0.15, 0.2) is 58.9 Å². The van der Waals surface area contributed by atoms with Crippen LogP contribution in [-0.2, 0) is 13.2 Å². The zero-order valence-corrected chi connectivity index (χ0v) is 10.3. The molecular formula is C14H15N3O2. The molecule has 0 saturated heterocycles. The molecule has 0 heterocycles. The summed E-state index contributed by atoms with van der Waals surface area (Å²) in [6.45, 7) is -0.145. The van der Waals surface area contributed by atoms with Gasteiger partial charge in [-0.1, -0.05) is 41.6 Å². The highest BCUT2D eigenvalue weighted by Gasteiger charge is 2.00. The van der Waals surface area contributed by atoms with Gasteiger partial charge in [0.05, 0.1) is 24.6 Å². The fourth-order valence-electron chi connectivity index (χ4n) is 1.64. The lowest BCUT2D eigenvalue weighted by Crippen LogP contribution is -1.93. The van der Waals surface area contributed by atoms with Gasteiger partial charge in [-0.05, 0) is 12.1 Å². The molecule has 5 nitrogen and oxygen atoms in total. The Morgan fingerprint density at radius 1 is 0.842 bits per heavy atom. The molecular weight excluding hydrogens is 242 g/mol. The number of para-hydroxylation sites is 1. The van der Waals surface area contributed by atoms with Crippen LogP contribution in [0.5, 0.6) is 0 Å². The van der Waals surface area contributed by atoms with E-state index in [1.54, 1.807) is 18.2 Å². The number of aliphatic hydroxyl groups excluding tert-OH is 2. The van der Waals surface area contributed by atoms with E-state index in [2.05, 4.69) is 15.8 Å². The first-order valence-corrected chi connectivity index (χ1v) is 5.89. The number of rotatable bonds is 5. The van der Waals surface area contributed by atoms with Gasteiger partial charge in [0.1, 0.15) is 0 Å². The summed E-state index contributed by atoms with van der Waals surface area (Å²) in [4.78, 5) is 0. The Labute approximate surface area is 111 Å². The molecule has 0 unspecified atom stereocenters. The highest BCUT2D eigenvalue weighted by Crippen LogP contribution is 2.20. The minimum Gasteiger partial charge on any atom is -0.392 e. The van der Waals surface area contributed by atoms with E-state index < -0.39 is 0 Å². The molecule has 0 aliphatic heterocycles. The number of nitrogens with zero attached hydrogens (tertiary/aromatic N) is 2. The highest BCUT2D eigenvalue weighted by molar-refractivity contribution is 5.50. The van der Waals surface area contributed by atoms with Crippen molar-refractivity contribution in [2.45, 2.75) is 13.2 Å². The van der Waals surface area contributed by atoms with Crippen LogP contribution in [0.2, 0.25) is 0 Å². The van der Waals surface area contributed by atoms with Crippen LogP contribution in [0.1, 0.15) is 11.1 Å². The van der Waals surface area contributed by atoms with Crippen molar-refractivity contribution in [2.75, 3.05) is 5.43 Å². The van der Waals surface area contributed by atoms with E-state index in [-0.39, 0.29) is 13.2 Å². The predicted molar refractivity (Wildman–Crippen MR) is 72.9 cm³/mol. The molecule has 0 bridgehead atoms. The number of aliphatic hydroxyl groups is 2. The van der Waals surface area contributed by atoms with Crippen LogP contribution in [-0.4, -0.2) is 10.2 Å². The Hall–Kier alpha value is -2.24. The average molecular weight is 257 g/mol. The second-order valence-electron chi connectivity index (χ2n) is 3.91. The van der Waals surface area contributed by atoms with E-state index in [0.29, 0.717) is 16.9 Å². The van der Waals surface area contributed by atoms with Crippen LogP contribution in [0.25, 0.3) is 0 Å². The first kappa shape index (κ1) is 13.2. The predicted octanol–water partition coefficient (Wildman–Crippen LogP) is 2.78. The smallest absolute Gasteiger partial charge is 0.0929 e. The maximum Gasteiger partial charge on any atom is 0.0929 e. The molecule has 98 valence electrons. The molecule has 19 heavy (non-hydrogen) atoms. The van der Waals surface area contributed by atoms with Crippen LogP contribution >= 0.6 is 0 Å². The first-order valence-electron chi connectivity index (χ1n) is 5.89. The summed E-state index contributed by atoms with van der Waals surface area (Å²) in [6, 6.07) is 14.5. The van der Waals surface area contributed by atoms with E-state index in [9.17, 15) is 5.11 Å². The van der Waals surface area contributed by atoms with Crippen molar-refractivity contribution in [3.8, 4) is 0 Å². The Morgan fingerprint density at radius 2 is 1.47 bits per heavy atom. The third-order valence-electron chi connectivity index (χ3n) is 2.68. The van der Waals surface area contributed by atoms with Crippen LogP contribution in [0.4, 0.5) is 11.4 Å². The maximum atomic E-state index is 9.17. The Balaban J connectivity index is 2.11. The summed E-state index contributed by atoms with van der Waals surface area (Å²) < 4.78 is 0. The molecule has 0 fully saturated rings. The minimum atomic E-state index is -0.0809. The number of hydrogen-bond donors (Lipinski definition) is 3. The number of benzene rings is 2. The van der Waals surface area contributed by atoms with E-state index in [4.69, 9.17) is 5.11 Å². The quantitative estimate of drug-likeness (QED) is 0.569. The standard InChI is InChI=1S/C14H15N3O2/c18-9-11-5-1-3-7-13(11)15-17-16-14-8-4-2-6-12(14)10-19/h1-8,18-19H,9-10H2,(H,15,16). The lowest BCUT2D eigenvalue weighted by Gasteiger charge is -2.05. The van der Waals surface area contributed by atoms with Crippen LogP contribution in [0, 0.1) is 0 Å². The van der Waals surface area contributed by atoms with Gasteiger partial charge in [-0.2, -0.15) is 0 Å². The number of anilines is 1. The van der Waals surface area contributed by atoms with Crippen molar-refractivity contribution in [3.05, 3.63) is 59.7 Å². The van der Waals surface area contributed by atoms with E-state index in [0.717, 1.165) is 5.56 Å². The Bertz CT molecular complexity index is 570. The van der Waals surface area contributed by atoms with Gasteiger partial charge in [0.2, 0.25) is 0 Å². The zero-order valence-electron chi connectivity index (χ0n) is 10.3. The summed E-state index contributed by atoms with van der Waals surface area (Å²) in [6.07, 6.45) is 0. The Kier molecular flexibility index (Phi) is 4.60. The molecule has 2 aromatic rings. The first-order chi connectivity index (χ1) is 9.35. The van der Waals surface area contributed by atoms with E-state index in [1.165, 1.54) is 0 Å². The molecule has 2 aromatic carbocycles. The molecule has 0 aromatic heterocycles. The van der Waals surface area contributed by atoms with Gasteiger partial charge in [-0.3, -0.25) is 5.43 Å². The van der Waals surface area contributed by atoms with Crippen molar-refractivity contribution in [1.82, 2.24) is 0 Å². The fraction of sp³-hybridized carbons (Fsp3) is 0.143. The molecule has 0 radical (unpaired) electrons. The molecule has 2 rings (SSSR count). The van der Waals surface area contributed by atoms with Crippen LogP contribution < -0.4 is 5.43 Å². The van der Waals surface area contributed by atoms with E-state index >= 15 is 0 Å². The molecule has 0 atom stereocenters. The van der Waals surface area contributed by atoms with Gasteiger partial charge in [0.15, 0.2) is 0 Å². The van der Waals surface area contributed by atoms with Gasteiger partial charge in [-0.15, -0.1) is 5.11 Å². The lowest BCUT2D eigenvalue weighted by atomic mass is 10.2. The number of nitrogens with one attached hydrogen (secondary N) is 1. The Morgan fingerprint density at radius 3 is 2.21 bits per heavy atom. The summed E-state index contributed by atoms with van der Waals surface area (Å²) in [5.74, 6) is 0. The van der Waals surface area contributed by atoms with Crippen molar-refractivity contribution < 1.29 is 10.2 Å². The largest absolute Gasteiger partial charge is 0.392 e. The van der Waals surface area contributed by atoms with Gasteiger partial charge < -0.3 is 10.2 Å². The van der Waals surface area contributed by atoms with Gasteiger partial charge >= 0.3 is 0 Å². The van der Waals surface area contributed by atoms with E-state index in [1.807, 2.05) is 30.3 Å². The third-order valence-corrected chi connectivity index (χ3v) is 2.68. The summed E-state index contributed by atoms with van der Waals surface area (Å²) in [5, 5.41) is 26.2. The van der Waals surface area contributed by atoms with Crippen molar-refractivity contribution in [1.29, 1.82) is 0 Å². The summed E-state index contributed by atoms with van der Waals surface area (Å²) in [7, 11) is 0. The monoisotopic (exact) mass is 257 g/mol. The van der Waals surface area contributed by atoms with Crippen LogP contribution in [0.3, 0.4) is 0 Å². The van der Waals surface area contributed by atoms with Crippen molar-refractivity contribution in [2.24, 2.45) is 10.3 Å². The van der Waals surface area contributed by atoms with Crippen molar-refractivity contribution >= 4 is 11.4 Å². The second kappa shape index (κ2) is 6.63. The molecule has 3 N–H and O–H groups in total. The normalized spacial score (nSPS) is 10.8. The summed E-state index contributed by atoms with van der Waals surface area (Å²) >= 11 is 0. The lowest BCUT2D eigenvalue weighted by molar-refractivity contribution is 0.282. The molecule has 0 saturated carbocycles. The molecule has 0 spiro atoms. The molecule has 0 aliphatic carbocycles. The van der Waals surface area contributed by atoms with Gasteiger partial charge in [0.25, 0.3) is 0 Å². The minimum absolute atomic E-state index is 0.0636. The van der Waals surface area contributed by atoms with Gasteiger partial charge in [0, 0.05) is 11.1 Å². The second-order valence-corrected chi connectivity index (χ2v) is 3.91. The zero-order chi connectivity index (χ0) is 13.5. The maximum absolute atomic E-state index is 9.17. The average Bonchev–Trinajstić information content (AvgIpc) is 2.48. The molecule has 0 aliphatic rings. The van der Waals surface area contributed by atoms with Crippen molar-refractivity contribution in [3.63, 3.8) is 0 Å². The highest BCUT2D eigenvalue weighted by atomic mass is 16.3.